The van der Waals surface area contributed by atoms with Crippen LogP contribution in [-0.2, 0) is 4.79 Å². The second kappa shape index (κ2) is 2.96. The van der Waals surface area contributed by atoms with Crippen LogP contribution in [0.15, 0.2) is 24.3 Å². The third-order valence-electron chi connectivity index (χ3n) is 2.39. The molecule has 0 spiro atoms. The highest BCUT2D eigenvalue weighted by molar-refractivity contribution is 5.87. The van der Waals surface area contributed by atoms with Gasteiger partial charge in [0, 0.05) is 6.42 Å². The van der Waals surface area contributed by atoms with E-state index in [-0.39, 0.29) is 6.42 Å². The fourth-order valence-electron chi connectivity index (χ4n) is 1.56. The third kappa shape index (κ3) is 1.32. The molecule has 2 N–H and O–H groups in total. The van der Waals surface area contributed by atoms with Crippen molar-refractivity contribution in [3.05, 3.63) is 34.7 Å². The summed E-state index contributed by atoms with van der Waals surface area (Å²) in [6.07, 6.45) is 3.26. The number of carboxylic acid groups (broad SMARTS) is 1. The first-order valence-electron chi connectivity index (χ1n) is 4.36. The largest absolute Gasteiger partial charge is 0.479 e. The molecule has 0 saturated carbocycles. The summed E-state index contributed by atoms with van der Waals surface area (Å²) in [5.74, 6) is -1.21. The standard InChI is InChI=1S/C11H10O3/c12-10(13)11(14)6-5-8-3-1-2-4-9(8)7-11/h1-5,7,14H,6H2,(H,12,13). The van der Waals surface area contributed by atoms with Gasteiger partial charge in [-0.2, -0.15) is 0 Å². The van der Waals surface area contributed by atoms with Crippen molar-refractivity contribution in [1.82, 2.24) is 0 Å². The van der Waals surface area contributed by atoms with Crippen LogP contribution in [0.2, 0.25) is 0 Å². The molecule has 1 atom stereocenters. The lowest BCUT2D eigenvalue weighted by Gasteiger charge is -2.19. The van der Waals surface area contributed by atoms with E-state index in [9.17, 15) is 9.90 Å². The van der Waals surface area contributed by atoms with Gasteiger partial charge in [0.2, 0.25) is 0 Å². The Hall–Kier alpha value is -1.61. The molecule has 1 aliphatic carbocycles. The molecule has 14 heavy (non-hydrogen) atoms. The number of aliphatic carboxylic acids is 1. The molecule has 0 bridgehead atoms. The van der Waals surface area contributed by atoms with Crippen LogP contribution in [0.4, 0.5) is 0 Å². The SMILES string of the molecule is O=C(O)C1(O)C=c2ccccc2=CC1. The Morgan fingerprint density at radius 1 is 1.29 bits per heavy atom. The van der Waals surface area contributed by atoms with Gasteiger partial charge in [-0.3, -0.25) is 0 Å². The average Bonchev–Trinajstić information content (AvgIpc) is 2.17. The van der Waals surface area contributed by atoms with Crippen molar-refractivity contribution < 1.29 is 15.0 Å². The van der Waals surface area contributed by atoms with E-state index in [4.69, 9.17) is 5.11 Å². The van der Waals surface area contributed by atoms with Gasteiger partial charge in [-0.1, -0.05) is 30.3 Å². The number of rotatable bonds is 1. The first kappa shape index (κ1) is 8.97. The second-order valence-corrected chi connectivity index (χ2v) is 3.41. The van der Waals surface area contributed by atoms with Crippen LogP contribution < -0.4 is 10.4 Å². The Morgan fingerprint density at radius 2 is 1.93 bits per heavy atom. The summed E-state index contributed by atoms with van der Waals surface area (Å²) >= 11 is 0. The molecule has 1 aliphatic rings. The number of hydrogen-bond donors (Lipinski definition) is 2. The van der Waals surface area contributed by atoms with Crippen molar-refractivity contribution in [3.63, 3.8) is 0 Å². The minimum Gasteiger partial charge on any atom is -0.479 e. The highest BCUT2D eigenvalue weighted by Gasteiger charge is 2.33. The lowest BCUT2D eigenvalue weighted by Crippen LogP contribution is -2.43. The molecule has 0 saturated heterocycles. The van der Waals surface area contributed by atoms with Gasteiger partial charge in [-0.25, -0.2) is 4.79 Å². The number of benzene rings is 1. The molecule has 0 fully saturated rings. The molecule has 0 amide bonds. The number of carboxylic acids is 1. The van der Waals surface area contributed by atoms with Crippen LogP contribution in [0.1, 0.15) is 6.42 Å². The molecule has 0 aliphatic heterocycles. The maximum Gasteiger partial charge on any atom is 0.340 e. The summed E-state index contributed by atoms with van der Waals surface area (Å²) in [6.45, 7) is 0. The maximum atomic E-state index is 10.8. The van der Waals surface area contributed by atoms with E-state index in [1.54, 1.807) is 12.1 Å². The van der Waals surface area contributed by atoms with Crippen LogP contribution >= 0.6 is 0 Å². The van der Waals surface area contributed by atoms with Gasteiger partial charge >= 0.3 is 5.97 Å². The molecule has 0 heterocycles. The second-order valence-electron chi connectivity index (χ2n) is 3.41. The van der Waals surface area contributed by atoms with E-state index in [1.807, 2.05) is 18.2 Å². The third-order valence-corrected chi connectivity index (χ3v) is 2.39. The molecule has 1 aromatic carbocycles. The van der Waals surface area contributed by atoms with Crippen molar-refractivity contribution in [2.75, 3.05) is 0 Å². The van der Waals surface area contributed by atoms with Crippen molar-refractivity contribution in [1.29, 1.82) is 0 Å². The van der Waals surface area contributed by atoms with Gasteiger partial charge in [0.05, 0.1) is 0 Å². The zero-order chi connectivity index (χ0) is 10.2. The van der Waals surface area contributed by atoms with Crippen molar-refractivity contribution in [2.24, 2.45) is 0 Å². The van der Waals surface area contributed by atoms with Gasteiger partial charge in [0.25, 0.3) is 0 Å². The van der Waals surface area contributed by atoms with Crippen LogP contribution in [0.25, 0.3) is 12.2 Å². The minimum absolute atomic E-state index is 0.124. The van der Waals surface area contributed by atoms with Crippen LogP contribution in [0.3, 0.4) is 0 Å². The Kier molecular flexibility index (Phi) is 1.89. The predicted molar refractivity (Wildman–Crippen MR) is 51.8 cm³/mol. The molecule has 3 nitrogen and oxygen atoms in total. The Labute approximate surface area is 80.6 Å². The number of carbonyl (C=O) groups is 1. The average molecular weight is 190 g/mol. The van der Waals surface area contributed by atoms with E-state index in [0.29, 0.717) is 0 Å². The smallest absolute Gasteiger partial charge is 0.340 e. The van der Waals surface area contributed by atoms with Gasteiger partial charge in [-0.15, -0.1) is 0 Å². The summed E-state index contributed by atoms with van der Waals surface area (Å²) in [6, 6.07) is 7.39. The molecule has 1 unspecified atom stereocenters. The molecule has 0 aromatic heterocycles. The summed E-state index contributed by atoms with van der Waals surface area (Å²) in [5.41, 5.74) is -1.74. The number of hydrogen-bond acceptors (Lipinski definition) is 2. The zero-order valence-electron chi connectivity index (χ0n) is 7.47. The fourth-order valence-corrected chi connectivity index (χ4v) is 1.56. The Balaban J connectivity index is 2.64. The normalized spacial score (nSPS) is 24.4. The van der Waals surface area contributed by atoms with E-state index in [1.165, 1.54) is 6.08 Å². The minimum atomic E-state index is -1.74. The van der Waals surface area contributed by atoms with Crippen LogP contribution in [-0.4, -0.2) is 21.8 Å². The molecule has 72 valence electrons. The summed E-state index contributed by atoms with van der Waals surface area (Å²) in [7, 11) is 0. The van der Waals surface area contributed by atoms with Crippen molar-refractivity contribution >= 4 is 18.1 Å². The number of aliphatic hydroxyl groups is 1. The molecule has 2 rings (SSSR count). The van der Waals surface area contributed by atoms with Gasteiger partial charge in [-0.05, 0) is 16.5 Å². The molecule has 3 heteroatoms. The van der Waals surface area contributed by atoms with Crippen LogP contribution in [0, 0.1) is 0 Å². The maximum absolute atomic E-state index is 10.8. The molecular formula is C11H10O3. The highest BCUT2D eigenvalue weighted by atomic mass is 16.4. The lowest BCUT2D eigenvalue weighted by molar-refractivity contribution is -0.151. The highest BCUT2D eigenvalue weighted by Crippen LogP contribution is 2.14. The van der Waals surface area contributed by atoms with Crippen LogP contribution in [0.5, 0.6) is 0 Å². The Morgan fingerprint density at radius 3 is 2.57 bits per heavy atom. The topological polar surface area (TPSA) is 57.5 Å². The predicted octanol–water partition coefficient (Wildman–Crippen LogP) is -0.533. The van der Waals surface area contributed by atoms with E-state index < -0.39 is 11.6 Å². The quantitative estimate of drug-likeness (QED) is 0.625. The summed E-state index contributed by atoms with van der Waals surface area (Å²) in [5, 5.41) is 20.3. The zero-order valence-corrected chi connectivity index (χ0v) is 7.47. The monoisotopic (exact) mass is 190 g/mol. The van der Waals surface area contributed by atoms with E-state index in [0.717, 1.165) is 10.4 Å². The Bertz CT molecular complexity index is 489. The van der Waals surface area contributed by atoms with Gasteiger partial charge in [0.1, 0.15) is 0 Å². The van der Waals surface area contributed by atoms with E-state index in [2.05, 4.69) is 0 Å². The fraction of sp³-hybridized carbons (Fsp3) is 0.182. The summed E-state index contributed by atoms with van der Waals surface area (Å²) in [4.78, 5) is 10.8. The number of fused-ring (bicyclic) bond motifs is 1. The van der Waals surface area contributed by atoms with E-state index >= 15 is 0 Å². The molecular weight excluding hydrogens is 180 g/mol. The van der Waals surface area contributed by atoms with Gasteiger partial charge in [0.15, 0.2) is 5.60 Å². The first-order chi connectivity index (χ1) is 6.62. The lowest BCUT2D eigenvalue weighted by atomic mass is 9.93. The van der Waals surface area contributed by atoms with Gasteiger partial charge < -0.3 is 10.2 Å². The first-order valence-corrected chi connectivity index (χ1v) is 4.36. The molecule has 1 aromatic rings. The van der Waals surface area contributed by atoms with Crippen molar-refractivity contribution in [2.45, 2.75) is 12.0 Å². The summed E-state index contributed by atoms with van der Waals surface area (Å²) < 4.78 is 0. The molecule has 0 radical (unpaired) electrons. The van der Waals surface area contributed by atoms with Crippen molar-refractivity contribution in [3.8, 4) is 0 Å².